The van der Waals surface area contributed by atoms with E-state index in [1.165, 1.54) is 0 Å². The number of aromatic amines is 2. The first-order chi connectivity index (χ1) is 12.0. The van der Waals surface area contributed by atoms with E-state index in [2.05, 4.69) is 28.8 Å². The summed E-state index contributed by atoms with van der Waals surface area (Å²) < 4.78 is 11.2. The molecular weight excluding hydrogens is 318 g/mol. The van der Waals surface area contributed by atoms with E-state index < -0.39 is 0 Å². The Labute approximate surface area is 145 Å². The molecule has 2 N–H and O–H groups in total. The zero-order valence-corrected chi connectivity index (χ0v) is 14.5. The fourth-order valence-corrected chi connectivity index (χ4v) is 2.39. The van der Waals surface area contributed by atoms with Crippen LogP contribution in [0.2, 0.25) is 0 Å². The highest BCUT2D eigenvalue weighted by Crippen LogP contribution is 2.28. The molecule has 0 fully saturated rings. The van der Waals surface area contributed by atoms with Gasteiger partial charge in [0.15, 0.2) is 11.5 Å². The van der Waals surface area contributed by atoms with Crippen molar-refractivity contribution in [1.29, 1.82) is 0 Å². The largest absolute Gasteiger partial charge is 0.493 e. The minimum atomic E-state index is -0.224. The Kier molecular flexibility index (Phi) is 4.88. The lowest BCUT2D eigenvalue weighted by Gasteiger charge is -2.12. The van der Waals surface area contributed by atoms with Crippen molar-refractivity contribution in [3.8, 4) is 11.5 Å². The number of methoxy groups -OCH3 is 1. The first-order valence-electron chi connectivity index (χ1n) is 8.12. The third kappa shape index (κ3) is 4.09. The van der Waals surface area contributed by atoms with E-state index in [1.54, 1.807) is 13.3 Å². The SMILES string of the molecule is COc1cc(C=Nc2ccc3[nH]c(=O)[nH]c3c2)ccc1OCC(C)C. The number of hydrogen-bond donors (Lipinski definition) is 2. The lowest BCUT2D eigenvalue weighted by atomic mass is 10.2. The van der Waals surface area contributed by atoms with Gasteiger partial charge in [0.2, 0.25) is 0 Å². The number of imidazole rings is 1. The molecule has 6 nitrogen and oxygen atoms in total. The van der Waals surface area contributed by atoms with E-state index in [0.29, 0.717) is 18.3 Å². The van der Waals surface area contributed by atoms with E-state index in [1.807, 2.05) is 36.4 Å². The molecule has 130 valence electrons. The maximum absolute atomic E-state index is 11.3. The van der Waals surface area contributed by atoms with Crippen molar-refractivity contribution in [2.45, 2.75) is 13.8 Å². The highest BCUT2D eigenvalue weighted by Gasteiger charge is 2.06. The highest BCUT2D eigenvalue weighted by molar-refractivity contribution is 5.85. The molecule has 0 aliphatic heterocycles. The summed E-state index contributed by atoms with van der Waals surface area (Å²) in [6.07, 6.45) is 1.75. The van der Waals surface area contributed by atoms with Crippen LogP contribution in [0.5, 0.6) is 11.5 Å². The zero-order chi connectivity index (χ0) is 17.8. The fraction of sp³-hybridized carbons (Fsp3) is 0.263. The molecule has 0 saturated heterocycles. The van der Waals surface area contributed by atoms with Crippen molar-refractivity contribution in [3.05, 3.63) is 52.4 Å². The molecule has 0 unspecified atom stereocenters. The summed E-state index contributed by atoms with van der Waals surface area (Å²) >= 11 is 0. The van der Waals surface area contributed by atoms with E-state index in [0.717, 1.165) is 28.0 Å². The summed E-state index contributed by atoms with van der Waals surface area (Å²) in [6, 6.07) is 11.2. The smallest absolute Gasteiger partial charge is 0.323 e. The number of benzene rings is 2. The number of nitrogens with zero attached hydrogens (tertiary/aromatic N) is 1. The number of H-pyrrole nitrogens is 2. The monoisotopic (exact) mass is 339 g/mol. The molecule has 0 saturated carbocycles. The average Bonchev–Trinajstić information content (AvgIpc) is 2.97. The standard InChI is InChI=1S/C19H21N3O3/c1-12(2)11-25-17-7-4-13(8-18(17)24-3)10-20-14-5-6-15-16(9-14)22-19(23)21-15/h4-10,12H,11H2,1-3H3,(H2,21,22,23). The van der Waals surface area contributed by atoms with Gasteiger partial charge in [-0.25, -0.2) is 4.79 Å². The van der Waals surface area contributed by atoms with Gasteiger partial charge < -0.3 is 19.4 Å². The second-order valence-corrected chi connectivity index (χ2v) is 6.18. The zero-order valence-electron chi connectivity index (χ0n) is 14.5. The van der Waals surface area contributed by atoms with E-state index in [9.17, 15) is 4.79 Å². The Morgan fingerprint density at radius 1 is 1.08 bits per heavy atom. The van der Waals surface area contributed by atoms with Crippen molar-refractivity contribution in [2.75, 3.05) is 13.7 Å². The van der Waals surface area contributed by atoms with Crippen LogP contribution in [0.3, 0.4) is 0 Å². The summed E-state index contributed by atoms with van der Waals surface area (Å²) in [5.74, 6) is 1.84. The molecule has 0 radical (unpaired) electrons. The van der Waals surface area contributed by atoms with Gasteiger partial charge in [-0.1, -0.05) is 13.8 Å². The summed E-state index contributed by atoms with van der Waals surface area (Å²) in [5, 5.41) is 0. The van der Waals surface area contributed by atoms with Crippen molar-refractivity contribution in [3.63, 3.8) is 0 Å². The lowest BCUT2D eigenvalue weighted by Crippen LogP contribution is -2.05. The summed E-state index contributed by atoms with van der Waals surface area (Å²) in [7, 11) is 1.62. The van der Waals surface area contributed by atoms with Gasteiger partial charge in [-0.15, -0.1) is 0 Å². The van der Waals surface area contributed by atoms with Crippen LogP contribution < -0.4 is 15.2 Å². The molecule has 6 heteroatoms. The Morgan fingerprint density at radius 2 is 1.88 bits per heavy atom. The van der Waals surface area contributed by atoms with E-state index in [-0.39, 0.29) is 5.69 Å². The minimum Gasteiger partial charge on any atom is -0.493 e. The van der Waals surface area contributed by atoms with Crippen molar-refractivity contribution in [2.24, 2.45) is 10.9 Å². The van der Waals surface area contributed by atoms with Crippen molar-refractivity contribution in [1.82, 2.24) is 9.97 Å². The second-order valence-electron chi connectivity index (χ2n) is 6.18. The number of nitrogens with one attached hydrogen (secondary N) is 2. The topological polar surface area (TPSA) is 79.5 Å². The van der Waals surface area contributed by atoms with Crippen molar-refractivity contribution >= 4 is 22.9 Å². The Bertz CT molecular complexity index is 954. The maximum Gasteiger partial charge on any atom is 0.323 e. The van der Waals surface area contributed by atoms with Crippen LogP contribution in [0.15, 0.2) is 46.2 Å². The van der Waals surface area contributed by atoms with Crippen LogP contribution in [0, 0.1) is 5.92 Å². The number of rotatable bonds is 6. The predicted octanol–water partition coefficient (Wildman–Crippen LogP) is 3.65. The molecular formula is C19H21N3O3. The molecule has 0 aliphatic carbocycles. The molecule has 1 heterocycles. The molecule has 0 bridgehead atoms. The normalized spacial score (nSPS) is 11.5. The van der Waals surface area contributed by atoms with Gasteiger partial charge in [0, 0.05) is 6.21 Å². The number of fused-ring (bicyclic) bond motifs is 1. The van der Waals surface area contributed by atoms with Crippen LogP contribution in [0.4, 0.5) is 5.69 Å². The van der Waals surface area contributed by atoms with Gasteiger partial charge in [-0.2, -0.15) is 0 Å². The first kappa shape index (κ1) is 16.8. The Hall–Kier alpha value is -3.02. The molecule has 0 spiro atoms. The van der Waals surface area contributed by atoms with Crippen molar-refractivity contribution < 1.29 is 9.47 Å². The third-order valence-electron chi connectivity index (χ3n) is 3.62. The average molecular weight is 339 g/mol. The van der Waals surface area contributed by atoms with Gasteiger partial charge in [0.05, 0.1) is 30.4 Å². The lowest BCUT2D eigenvalue weighted by molar-refractivity contribution is 0.257. The number of hydrogen-bond acceptors (Lipinski definition) is 4. The third-order valence-corrected chi connectivity index (χ3v) is 3.62. The molecule has 0 aliphatic rings. The first-order valence-corrected chi connectivity index (χ1v) is 8.12. The molecule has 25 heavy (non-hydrogen) atoms. The number of aromatic nitrogens is 2. The summed E-state index contributed by atoms with van der Waals surface area (Å²) in [6.45, 7) is 4.84. The van der Waals surface area contributed by atoms with E-state index >= 15 is 0 Å². The molecule has 1 aromatic heterocycles. The Balaban J connectivity index is 1.80. The van der Waals surface area contributed by atoms with Crippen LogP contribution in [0.25, 0.3) is 11.0 Å². The predicted molar refractivity (Wildman–Crippen MR) is 99.5 cm³/mol. The van der Waals surface area contributed by atoms with Gasteiger partial charge in [-0.3, -0.25) is 4.99 Å². The van der Waals surface area contributed by atoms with Crippen LogP contribution >= 0.6 is 0 Å². The molecule has 3 aromatic rings. The van der Waals surface area contributed by atoms with Crippen LogP contribution in [0.1, 0.15) is 19.4 Å². The van der Waals surface area contributed by atoms with Gasteiger partial charge in [0.1, 0.15) is 0 Å². The van der Waals surface area contributed by atoms with Gasteiger partial charge in [0.25, 0.3) is 0 Å². The molecule has 0 atom stereocenters. The van der Waals surface area contributed by atoms with Gasteiger partial charge >= 0.3 is 5.69 Å². The maximum atomic E-state index is 11.3. The highest BCUT2D eigenvalue weighted by atomic mass is 16.5. The molecule has 2 aromatic carbocycles. The fourth-order valence-electron chi connectivity index (χ4n) is 2.39. The molecule has 0 amide bonds. The summed E-state index contributed by atoms with van der Waals surface area (Å²) in [5.41, 5.74) is 2.92. The molecule has 3 rings (SSSR count). The van der Waals surface area contributed by atoms with Crippen LogP contribution in [-0.4, -0.2) is 29.9 Å². The quantitative estimate of drug-likeness (QED) is 0.673. The number of ether oxygens (including phenoxy) is 2. The van der Waals surface area contributed by atoms with E-state index in [4.69, 9.17) is 9.47 Å². The number of aliphatic imine (C=N–C) groups is 1. The Morgan fingerprint density at radius 3 is 2.64 bits per heavy atom. The van der Waals surface area contributed by atoms with Gasteiger partial charge in [-0.05, 0) is 47.9 Å². The minimum absolute atomic E-state index is 0.224. The van der Waals surface area contributed by atoms with Crippen LogP contribution in [-0.2, 0) is 0 Å². The summed E-state index contributed by atoms with van der Waals surface area (Å²) in [4.78, 5) is 21.2. The second kappa shape index (κ2) is 7.25.